The second-order valence-electron chi connectivity index (χ2n) is 33.0. The topological polar surface area (TPSA) is 36.1 Å². The number of anilines is 6. The molecule has 6 aliphatic carbocycles. The highest BCUT2D eigenvalue weighted by atomic mass is 14.9. The summed E-state index contributed by atoms with van der Waals surface area (Å²) in [5, 5.41) is 16.2. The molecule has 0 unspecified atom stereocenters. The third kappa shape index (κ3) is 10.7. The molecule has 3 heteroatoms. The van der Waals surface area contributed by atoms with Gasteiger partial charge in [-0.2, -0.15) is 0 Å². The molecule has 0 amide bonds. The van der Waals surface area contributed by atoms with E-state index in [1.54, 1.807) is 0 Å². The van der Waals surface area contributed by atoms with Crippen LogP contribution in [-0.4, -0.2) is 0 Å². The summed E-state index contributed by atoms with van der Waals surface area (Å²) in [6, 6.07) is 168. The van der Waals surface area contributed by atoms with Crippen LogP contribution in [0.25, 0.3) is 122 Å². The first kappa shape index (κ1) is 70.5. The Kier molecular flexibility index (Phi) is 16.3. The number of benzene rings is 20. The summed E-state index contributed by atoms with van der Waals surface area (Å²) in [4.78, 5) is 0. The Morgan fingerprint density at radius 1 is 0.131 bits per heavy atom. The fourth-order valence-electron chi connectivity index (χ4n) is 21.8. The van der Waals surface area contributed by atoms with E-state index in [4.69, 9.17) is 0 Å². The fraction of sp³-hybridized carbons (Fsp3) is 0.0252. The molecule has 0 aliphatic heterocycles. The Labute approximate surface area is 710 Å². The molecule has 26 rings (SSSR count). The van der Waals surface area contributed by atoms with E-state index in [9.17, 15) is 0 Å². The molecule has 0 radical (unpaired) electrons. The van der Waals surface area contributed by atoms with Gasteiger partial charge >= 0.3 is 0 Å². The highest BCUT2D eigenvalue weighted by Gasteiger charge is 2.55. The maximum atomic E-state index is 3.84. The van der Waals surface area contributed by atoms with Gasteiger partial charge in [-0.1, -0.05) is 388 Å². The summed E-state index contributed by atoms with van der Waals surface area (Å²) in [7, 11) is 0. The van der Waals surface area contributed by atoms with Gasteiger partial charge in [0.25, 0.3) is 0 Å². The first-order valence-electron chi connectivity index (χ1n) is 42.4. The van der Waals surface area contributed by atoms with Crippen LogP contribution >= 0.6 is 0 Å². The van der Waals surface area contributed by atoms with Crippen molar-refractivity contribution in [2.45, 2.75) is 16.2 Å². The van der Waals surface area contributed by atoms with Gasteiger partial charge in [-0.25, -0.2) is 0 Å². The summed E-state index contributed by atoms with van der Waals surface area (Å²) in [6.07, 6.45) is 0. The molecule has 20 aromatic rings. The summed E-state index contributed by atoms with van der Waals surface area (Å²) in [5.41, 5.74) is 45.3. The van der Waals surface area contributed by atoms with Gasteiger partial charge in [-0.15, -0.1) is 0 Å². The molecule has 570 valence electrons. The zero-order chi connectivity index (χ0) is 80.5. The third-order valence-corrected chi connectivity index (χ3v) is 26.8. The molecule has 3 N–H and O–H groups in total. The van der Waals surface area contributed by atoms with Crippen molar-refractivity contribution >= 4 is 55.7 Å². The van der Waals surface area contributed by atoms with Crippen LogP contribution < -0.4 is 16.0 Å². The maximum Gasteiger partial charge on any atom is 0.0726 e. The summed E-state index contributed by atoms with van der Waals surface area (Å²) in [5.74, 6) is 0. The lowest BCUT2D eigenvalue weighted by Gasteiger charge is -2.30. The largest absolute Gasteiger partial charge is 0.356 e. The van der Waals surface area contributed by atoms with Crippen molar-refractivity contribution in [1.29, 1.82) is 0 Å². The van der Waals surface area contributed by atoms with Gasteiger partial charge in [0.15, 0.2) is 0 Å². The van der Waals surface area contributed by atoms with E-state index in [-0.39, 0.29) is 16.2 Å². The van der Waals surface area contributed by atoms with Crippen LogP contribution in [0.4, 0.5) is 34.1 Å². The molecule has 0 saturated heterocycles. The molecule has 0 heterocycles. The average molecular weight is 1550 g/mol. The summed E-state index contributed by atoms with van der Waals surface area (Å²) >= 11 is 0. The quantitative estimate of drug-likeness (QED) is 0.135. The lowest BCUT2D eigenvalue weighted by molar-refractivity contribution is 0.794. The molecular formula is C119H79N3. The molecule has 0 saturated carbocycles. The van der Waals surface area contributed by atoms with Gasteiger partial charge in [0.05, 0.1) is 16.2 Å². The second kappa shape index (κ2) is 28.3. The predicted octanol–water partition coefficient (Wildman–Crippen LogP) is 30.6. The molecule has 122 heavy (non-hydrogen) atoms. The standard InChI is InChI=1S/2C41H27N.C37H25N/c1-2-10-27(11-3-1)28-18-19-30-25-31(21-20-29(30)24-28)42-32-22-23-36-35-14-6-9-17-39(35)41(40(36)26-32)37-15-7-4-12-33(37)34-13-5-8-16-38(34)41;1-2-12-27(13-3-1)29-24-25-40(35-18-5-4-14-30(29)35)42-28-22-23-34-33-17-8-11-21-38(33)41(39(34)26-28)36-19-9-6-15-31(36)32-16-7-10-20-37(32)41;1-2-10-25(11-3-1)26-18-20-27(21-19-26)38-28-22-23-32-31-14-6-9-17-35(31)37(36(32)24-28)33-15-7-4-12-29(33)30-13-5-8-16-34(30)37/h2*1-26,42H;1-24,38H. The highest BCUT2D eigenvalue weighted by Crippen LogP contribution is 2.67. The van der Waals surface area contributed by atoms with Gasteiger partial charge in [0.2, 0.25) is 0 Å². The maximum absolute atomic E-state index is 3.84. The van der Waals surface area contributed by atoms with Crippen LogP contribution in [-0.2, 0) is 16.2 Å². The second-order valence-corrected chi connectivity index (χ2v) is 33.0. The normalized spacial score (nSPS) is 13.4. The minimum absolute atomic E-state index is 0.312. The number of nitrogens with one attached hydrogen (secondary N) is 3. The van der Waals surface area contributed by atoms with Crippen LogP contribution in [0, 0.1) is 0 Å². The first-order chi connectivity index (χ1) is 60.5. The van der Waals surface area contributed by atoms with Crippen molar-refractivity contribution in [3.8, 4) is 100 Å². The van der Waals surface area contributed by atoms with Gasteiger partial charge < -0.3 is 16.0 Å². The van der Waals surface area contributed by atoms with Crippen molar-refractivity contribution in [2.24, 2.45) is 0 Å². The Morgan fingerprint density at radius 3 is 0.762 bits per heavy atom. The van der Waals surface area contributed by atoms with Gasteiger partial charge in [0.1, 0.15) is 0 Å². The monoisotopic (exact) mass is 1550 g/mol. The van der Waals surface area contributed by atoms with Crippen molar-refractivity contribution in [1.82, 2.24) is 0 Å². The number of fused-ring (bicyclic) bond motifs is 32. The van der Waals surface area contributed by atoms with Crippen LogP contribution in [0.2, 0.25) is 0 Å². The highest BCUT2D eigenvalue weighted by molar-refractivity contribution is 6.06. The van der Waals surface area contributed by atoms with E-state index in [0.717, 1.165) is 34.1 Å². The molecule has 0 fully saturated rings. The number of hydrogen-bond acceptors (Lipinski definition) is 3. The third-order valence-electron chi connectivity index (χ3n) is 26.8. The van der Waals surface area contributed by atoms with E-state index in [2.05, 4.69) is 477 Å². The van der Waals surface area contributed by atoms with E-state index >= 15 is 0 Å². The fourth-order valence-corrected chi connectivity index (χ4v) is 21.8. The van der Waals surface area contributed by atoms with Crippen LogP contribution in [0.5, 0.6) is 0 Å². The summed E-state index contributed by atoms with van der Waals surface area (Å²) in [6.45, 7) is 0. The van der Waals surface area contributed by atoms with Crippen molar-refractivity contribution in [3.05, 3.63) is 528 Å². The SMILES string of the molecule is c1ccc(-c2ccc(Nc3ccc4c(c3)C3(c5ccccc5-c5ccccc53)c3ccccc3-4)c3ccccc23)cc1.c1ccc(-c2ccc(Nc3ccc4c(c3)C3(c5ccccc5-c5ccccc53)c3ccccc3-4)cc2)cc1.c1ccc(-c2ccc3cc(Nc4ccc5c(c4)C4(c6ccccc6-c6ccccc64)c4ccccc4-5)ccc3c2)cc1. The zero-order valence-corrected chi connectivity index (χ0v) is 66.9. The molecule has 3 nitrogen and oxygen atoms in total. The molecule has 20 aromatic carbocycles. The smallest absolute Gasteiger partial charge is 0.0726 e. The Bertz CT molecular complexity index is 7420. The first-order valence-corrected chi connectivity index (χ1v) is 42.4. The van der Waals surface area contributed by atoms with E-state index in [1.807, 2.05) is 0 Å². The van der Waals surface area contributed by atoms with E-state index in [0.29, 0.717) is 0 Å². The predicted molar refractivity (Wildman–Crippen MR) is 509 cm³/mol. The molecular weight excluding hydrogens is 1470 g/mol. The van der Waals surface area contributed by atoms with Crippen LogP contribution in [0.3, 0.4) is 0 Å². The lowest BCUT2D eigenvalue weighted by atomic mass is 9.70. The van der Waals surface area contributed by atoms with Crippen molar-refractivity contribution in [3.63, 3.8) is 0 Å². The van der Waals surface area contributed by atoms with E-state index < -0.39 is 0 Å². The molecule has 6 aliphatic rings. The lowest BCUT2D eigenvalue weighted by Crippen LogP contribution is -2.25. The Hall–Kier alpha value is -15.7. The summed E-state index contributed by atoms with van der Waals surface area (Å²) < 4.78 is 0. The van der Waals surface area contributed by atoms with E-state index in [1.165, 1.54) is 188 Å². The van der Waals surface area contributed by atoms with Crippen molar-refractivity contribution in [2.75, 3.05) is 16.0 Å². The molecule has 0 aromatic heterocycles. The molecule has 0 bridgehead atoms. The minimum atomic E-state index is -0.337. The number of rotatable bonds is 9. The van der Waals surface area contributed by atoms with Crippen LogP contribution in [0.15, 0.2) is 461 Å². The molecule has 3 spiro atoms. The average Bonchev–Trinajstić information content (AvgIpc) is 1.52. The van der Waals surface area contributed by atoms with Crippen molar-refractivity contribution < 1.29 is 0 Å². The number of hydrogen-bond donors (Lipinski definition) is 3. The van der Waals surface area contributed by atoms with Crippen LogP contribution in [0.1, 0.15) is 66.8 Å². The zero-order valence-electron chi connectivity index (χ0n) is 66.9. The van der Waals surface area contributed by atoms with Gasteiger partial charge in [-0.3, -0.25) is 0 Å². The Balaban J connectivity index is 0.000000104. The van der Waals surface area contributed by atoms with Gasteiger partial charge in [-0.05, 0) is 256 Å². The Morgan fingerprint density at radius 2 is 0.377 bits per heavy atom. The molecule has 0 atom stereocenters. The minimum Gasteiger partial charge on any atom is -0.356 e. The van der Waals surface area contributed by atoms with Gasteiger partial charge in [0, 0.05) is 39.5 Å².